The van der Waals surface area contributed by atoms with Crippen LogP contribution in [0.2, 0.25) is 0 Å². The first-order valence-corrected chi connectivity index (χ1v) is 8.24. The maximum absolute atomic E-state index is 5.25. The van der Waals surface area contributed by atoms with Crippen LogP contribution in [-0.2, 0) is 6.42 Å². The van der Waals surface area contributed by atoms with E-state index >= 15 is 0 Å². The van der Waals surface area contributed by atoms with Gasteiger partial charge in [0.05, 0.1) is 7.11 Å². The molecular weight excluding hydrogens is 280 g/mol. The molecule has 0 N–H and O–H groups in total. The third kappa shape index (κ3) is 3.39. The predicted molar refractivity (Wildman–Crippen MR) is 97.0 cm³/mol. The van der Waals surface area contributed by atoms with E-state index in [0.29, 0.717) is 11.8 Å². The second kappa shape index (κ2) is 6.87. The average molecular weight is 304 g/mol. The monoisotopic (exact) mass is 304 g/mol. The highest BCUT2D eigenvalue weighted by Crippen LogP contribution is 2.37. The molecule has 1 aliphatic rings. The molecule has 1 aliphatic carbocycles. The summed E-state index contributed by atoms with van der Waals surface area (Å²) in [6.07, 6.45) is 7.69. The van der Waals surface area contributed by atoms with Crippen molar-refractivity contribution in [2.75, 3.05) is 7.11 Å². The highest BCUT2D eigenvalue weighted by Gasteiger charge is 2.23. The van der Waals surface area contributed by atoms with Crippen LogP contribution in [-0.4, -0.2) is 7.11 Å². The number of benzene rings is 2. The van der Waals surface area contributed by atoms with Crippen LogP contribution < -0.4 is 4.74 Å². The van der Waals surface area contributed by atoms with Gasteiger partial charge < -0.3 is 4.74 Å². The molecule has 0 spiro atoms. The van der Waals surface area contributed by atoms with Crippen LogP contribution in [0, 0.1) is 5.92 Å². The summed E-state index contributed by atoms with van der Waals surface area (Å²) >= 11 is 0. The lowest BCUT2D eigenvalue weighted by atomic mass is 9.77. The molecule has 0 heterocycles. The molecule has 0 aromatic heterocycles. The lowest BCUT2D eigenvalue weighted by Crippen LogP contribution is -2.14. The van der Waals surface area contributed by atoms with E-state index in [-0.39, 0.29) is 0 Å². The minimum atomic E-state index is 0.481. The standard InChI is InChI=1S/C22H24O/c1-16-7-6-8-17(2)22(16)21-10-5-4-9-19(21)15-18-11-13-20(23-3)14-12-18/h4-14,16,22H,15H2,1-3H3. The normalized spacial score (nSPS) is 20.2. The Labute approximate surface area is 139 Å². The van der Waals surface area contributed by atoms with Gasteiger partial charge in [-0.2, -0.15) is 0 Å². The Hall–Kier alpha value is -2.28. The van der Waals surface area contributed by atoms with Crippen LogP contribution in [0.4, 0.5) is 0 Å². The summed E-state index contributed by atoms with van der Waals surface area (Å²) in [6.45, 7) is 4.55. The van der Waals surface area contributed by atoms with Crippen molar-refractivity contribution in [3.63, 3.8) is 0 Å². The van der Waals surface area contributed by atoms with Crippen LogP contribution in [0.25, 0.3) is 0 Å². The molecule has 2 aromatic rings. The largest absolute Gasteiger partial charge is 0.497 e. The molecule has 0 amide bonds. The number of methoxy groups -OCH3 is 1. The first-order valence-electron chi connectivity index (χ1n) is 8.24. The SMILES string of the molecule is COc1ccc(Cc2ccccc2C2C(C)=CC=CC2C)cc1. The number of allylic oxidation sites excluding steroid dienone is 4. The molecule has 0 saturated carbocycles. The van der Waals surface area contributed by atoms with Gasteiger partial charge in [0, 0.05) is 5.92 Å². The van der Waals surface area contributed by atoms with Gasteiger partial charge >= 0.3 is 0 Å². The fourth-order valence-electron chi connectivity index (χ4n) is 3.50. The lowest BCUT2D eigenvalue weighted by Gasteiger charge is -2.28. The van der Waals surface area contributed by atoms with Gasteiger partial charge in [-0.25, -0.2) is 0 Å². The van der Waals surface area contributed by atoms with Crippen LogP contribution >= 0.6 is 0 Å². The summed E-state index contributed by atoms with van der Waals surface area (Å²) < 4.78 is 5.25. The Bertz CT molecular complexity index is 722. The van der Waals surface area contributed by atoms with Crippen molar-refractivity contribution < 1.29 is 4.74 Å². The van der Waals surface area contributed by atoms with Crippen molar-refractivity contribution in [3.8, 4) is 5.75 Å². The van der Waals surface area contributed by atoms with Gasteiger partial charge in [0.1, 0.15) is 5.75 Å². The fourth-order valence-corrected chi connectivity index (χ4v) is 3.50. The summed E-state index contributed by atoms with van der Waals surface area (Å²) in [5, 5.41) is 0. The van der Waals surface area contributed by atoms with E-state index in [1.165, 1.54) is 22.3 Å². The van der Waals surface area contributed by atoms with E-state index in [1.54, 1.807) is 7.11 Å². The number of ether oxygens (including phenoxy) is 1. The van der Waals surface area contributed by atoms with Crippen molar-refractivity contribution in [1.82, 2.24) is 0 Å². The van der Waals surface area contributed by atoms with Gasteiger partial charge in [-0.1, -0.05) is 67.1 Å². The second-order valence-electron chi connectivity index (χ2n) is 6.36. The summed E-state index contributed by atoms with van der Waals surface area (Å²) in [5.41, 5.74) is 5.63. The van der Waals surface area contributed by atoms with Crippen LogP contribution in [0.5, 0.6) is 5.75 Å². The highest BCUT2D eigenvalue weighted by atomic mass is 16.5. The molecule has 2 atom stereocenters. The molecule has 1 heteroatoms. The van der Waals surface area contributed by atoms with Crippen molar-refractivity contribution in [2.24, 2.45) is 5.92 Å². The Morgan fingerprint density at radius 2 is 1.74 bits per heavy atom. The van der Waals surface area contributed by atoms with E-state index < -0.39 is 0 Å². The van der Waals surface area contributed by atoms with Gasteiger partial charge in [0.25, 0.3) is 0 Å². The molecular formula is C22H24O. The molecule has 118 valence electrons. The van der Waals surface area contributed by atoms with E-state index in [1.807, 2.05) is 12.1 Å². The molecule has 3 rings (SSSR count). The van der Waals surface area contributed by atoms with Crippen molar-refractivity contribution in [1.29, 1.82) is 0 Å². The molecule has 0 bridgehead atoms. The third-order valence-corrected chi connectivity index (χ3v) is 4.73. The maximum Gasteiger partial charge on any atom is 0.118 e. The van der Waals surface area contributed by atoms with Crippen LogP contribution in [0.1, 0.15) is 36.5 Å². The summed E-state index contributed by atoms with van der Waals surface area (Å²) in [6, 6.07) is 17.2. The number of rotatable bonds is 4. The Balaban J connectivity index is 1.91. The lowest BCUT2D eigenvalue weighted by molar-refractivity contribution is 0.414. The Morgan fingerprint density at radius 1 is 1.00 bits per heavy atom. The van der Waals surface area contributed by atoms with Crippen LogP contribution in [0.15, 0.2) is 72.3 Å². The zero-order valence-corrected chi connectivity index (χ0v) is 14.1. The quantitative estimate of drug-likeness (QED) is 0.722. The molecule has 0 aliphatic heterocycles. The van der Waals surface area contributed by atoms with E-state index in [2.05, 4.69) is 68.5 Å². The molecule has 0 radical (unpaired) electrons. The Morgan fingerprint density at radius 3 is 2.43 bits per heavy atom. The van der Waals surface area contributed by atoms with Crippen molar-refractivity contribution in [3.05, 3.63) is 89.0 Å². The summed E-state index contributed by atoms with van der Waals surface area (Å²) in [7, 11) is 1.71. The van der Waals surface area contributed by atoms with Crippen LogP contribution in [0.3, 0.4) is 0 Å². The maximum atomic E-state index is 5.25. The third-order valence-electron chi connectivity index (χ3n) is 4.73. The molecule has 1 nitrogen and oxygen atoms in total. The van der Waals surface area contributed by atoms with E-state index in [4.69, 9.17) is 4.74 Å². The summed E-state index contributed by atoms with van der Waals surface area (Å²) in [4.78, 5) is 0. The van der Waals surface area contributed by atoms with Crippen molar-refractivity contribution in [2.45, 2.75) is 26.2 Å². The second-order valence-corrected chi connectivity index (χ2v) is 6.36. The van der Waals surface area contributed by atoms with E-state index in [9.17, 15) is 0 Å². The molecule has 0 fully saturated rings. The van der Waals surface area contributed by atoms with Gasteiger partial charge in [-0.15, -0.1) is 0 Å². The zero-order valence-electron chi connectivity index (χ0n) is 14.1. The first kappa shape index (κ1) is 15.6. The zero-order chi connectivity index (χ0) is 16.2. The smallest absolute Gasteiger partial charge is 0.118 e. The number of hydrogen-bond acceptors (Lipinski definition) is 1. The predicted octanol–water partition coefficient (Wildman–Crippen LogP) is 5.52. The van der Waals surface area contributed by atoms with Gasteiger partial charge in [0.2, 0.25) is 0 Å². The fraction of sp³-hybridized carbons (Fsp3) is 0.273. The minimum absolute atomic E-state index is 0.481. The minimum Gasteiger partial charge on any atom is -0.497 e. The average Bonchev–Trinajstić information content (AvgIpc) is 2.57. The summed E-state index contributed by atoms with van der Waals surface area (Å²) in [5.74, 6) is 1.93. The van der Waals surface area contributed by atoms with Gasteiger partial charge in [-0.3, -0.25) is 0 Å². The molecule has 0 saturated heterocycles. The molecule has 2 aromatic carbocycles. The number of hydrogen-bond donors (Lipinski definition) is 0. The topological polar surface area (TPSA) is 9.23 Å². The first-order chi connectivity index (χ1) is 11.2. The van der Waals surface area contributed by atoms with Gasteiger partial charge in [-0.05, 0) is 48.1 Å². The van der Waals surface area contributed by atoms with E-state index in [0.717, 1.165) is 12.2 Å². The van der Waals surface area contributed by atoms with Gasteiger partial charge in [0.15, 0.2) is 0 Å². The highest BCUT2D eigenvalue weighted by molar-refractivity contribution is 5.42. The van der Waals surface area contributed by atoms with Crippen molar-refractivity contribution >= 4 is 0 Å². The molecule has 23 heavy (non-hydrogen) atoms. The Kier molecular flexibility index (Phi) is 4.66. The molecule has 2 unspecified atom stereocenters.